The zero-order chi connectivity index (χ0) is 29.4. The van der Waals surface area contributed by atoms with Gasteiger partial charge < -0.3 is 14.2 Å². The van der Waals surface area contributed by atoms with E-state index in [9.17, 15) is 23.3 Å². The number of non-ortho nitro benzene ring substituents is 1. The van der Waals surface area contributed by atoms with Crippen LogP contribution in [0.5, 0.6) is 0 Å². The van der Waals surface area contributed by atoms with Crippen molar-refractivity contribution in [3.63, 3.8) is 0 Å². The normalized spacial score (nSPS) is 13.9. The van der Waals surface area contributed by atoms with E-state index in [0.29, 0.717) is 49.4 Å². The quantitative estimate of drug-likeness (QED) is 0.205. The smallest absolute Gasteiger partial charge is 0.269 e. The highest BCUT2D eigenvalue weighted by molar-refractivity contribution is 7.90. The molecular weight excluding hydrogens is 558 g/mol. The van der Waals surface area contributed by atoms with Gasteiger partial charge in [0.15, 0.2) is 5.65 Å². The summed E-state index contributed by atoms with van der Waals surface area (Å²) in [5, 5.41) is 11.7. The molecule has 1 fully saturated rings. The number of nitro benzene ring substituents is 1. The van der Waals surface area contributed by atoms with Crippen LogP contribution in [0.1, 0.15) is 11.1 Å². The number of nitro groups is 1. The van der Waals surface area contributed by atoms with Gasteiger partial charge in [-0.25, -0.2) is 17.4 Å². The molecule has 1 saturated heterocycles. The van der Waals surface area contributed by atoms with Gasteiger partial charge >= 0.3 is 0 Å². The Balaban J connectivity index is 1.47. The second-order valence-electron chi connectivity index (χ2n) is 10.1. The molecule has 3 aromatic heterocycles. The van der Waals surface area contributed by atoms with Crippen molar-refractivity contribution in [2.24, 2.45) is 0 Å². The first-order valence-electron chi connectivity index (χ1n) is 13.3. The van der Waals surface area contributed by atoms with E-state index in [1.165, 1.54) is 24.4 Å². The Labute approximate surface area is 241 Å². The molecule has 4 heterocycles. The molecule has 12 heteroatoms. The SMILES string of the molecule is Cc1cccc(Cn2ccc(-c3cn(S(=O)(=O)c4ccc([N+](=O)[O-])cc4)c4ncc(N5CCOCC5)cc34)cc2=O)c1. The van der Waals surface area contributed by atoms with Gasteiger partial charge in [0.05, 0.1) is 41.5 Å². The van der Waals surface area contributed by atoms with Crippen molar-refractivity contribution in [3.8, 4) is 11.1 Å². The molecule has 2 aromatic carbocycles. The zero-order valence-electron chi connectivity index (χ0n) is 22.7. The van der Waals surface area contributed by atoms with Crippen LogP contribution >= 0.6 is 0 Å². The van der Waals surface area contributed by atoms with Gasteiger partial charge in [-0.1, -0.05) is 29.8 Å². The number of fused-ring (bicyclic) bond motifs is 1. The number of benzene rings is 2. The van der Waals surface area contributed by atoms with E-state index >= 15 is 0 Å². The lowest BCUT2D eigenvalue weighted by Gasteiger charge is -2.28. The summed E-state index contributed by atoms with van der Waals surface area (Å²) in [5.74, 6) is 0. The number of anilines is 1. The molecule has 1 aliphatic heterocycles. The summed E-state index contributed by atoms with van der Waals surface area (Å²) < 4.78 is 35.7. The van der Waals surface area contributed by atoms with Gasteiger partial charge in [-0.2, -0.15) is 0 Å². The fourth-order valence-corrected chi connectivity index (χ4v) is 6.47. The van der Waals surface area contributed by atoms with Crippen molar-refractivity contribution >= 4 is 32.4 Å². The minimum absolute atomic E-state index is 0.121. The molecule has 0 unspecified atom stereocenters. The number of ether oxygens (including phenoxy) is 1. The van der Waals surface area contributed by atoms with Crippen LogP contribution in [0.3, 0.4) is 0 Å². The average molecular weight is 586 g/mol. The Morgan fingerprint density at radius 1 is 1.02 bits per heavy atom. The molecule has 0 radical (unpaired) electrons. The van der Waals surface area contributed by atoms with E-state index in [-0.39, 0.29) is 21.8 Å². The Kier molecular flexibility index (Phi) is 7.09. The Hall–Kier alpha value is -4.81. The van der Waals surface area contributed by atoms with Crippen LogP contribution in [0.25, 0.3) is 22.2 Å². The number of morpholine rings is 1. The lowest BCUT2D eigenvalue weighted by atomic mass is 10.1. The molecule has 0 amide bonds. The molecule has 0 aliphatic carbocycles. The molecule has 0 N–H and O–H groups in total. The summed E-state index contributed by atoms with van der Waals surface area (Å²) in [4.78, 5) is 30.3. The number of aromatic nitrogens is 3. The van der Waals surface area contributed by atoms with E-state index in [1.807, 2.05) is 37.3 Å². The summed E-state index contributed by atoms with van der Waals surface area (Å²) >= 11 is 0. The highest BCUT2D eigenvalue weighted by Gasteiger charge is 2.25. The summed E-state index contributed by atoms with van der Waals surface area (Å²) in [6.45, 7) is 4.87. The molecular formula is C30H27N5O6S. The van der Waals surface area contributed by atoms with Gasteiger partial charge in [-0.05, 0) is 42.3 Å². The van der Waals surface area contributed by atoms with Crippen LogP contribution in [0.15, 0.2) is 95.0 Å². The minimum atomic E-state index is -4.18. The first kappa shape index (κ1) is 27.4. The molecule has 5 aromatic rings. The van der Waals surface area contributed by atoms with Crippen LogP contribution < -0.4 is 10.5 Å². The maximum absolute atomic E-state index is 13.8. The van der Waals surface area contributed by atoms with Gasteiger partial charge in [-0.3, -0.25) is 14.9 Å². The lowest BCUT2D eigenvalue weighted by Crippen LogP contribution is -2.36. The monoisotopic (exact) mass is 585 g/mol. The molecule has 6 rings (SSSR count). The van der Waals surface area contributed by atoms with Gasteiger partial charge in [0.1, 0.15) is 0 Å². The van der Waals surface area contributed by atoms with Crippen molar-refractivity contribution in [3.05, 3.63) is 117 Å². The second kappa shape index (κ2) is 10.9. The Bertz CT molecular complexity index is 1980. The van der Waals surface area contributed by atoms with E-state index in [0.717, 1.165) is 32.9 Å². The Morgan fingerprint density at radius 2 is 1.79 bits per heavy atom. The van der Waals surface area contributed by atoms with E-state index in [1.54, 1.807) is 23.0 Å². The van der Waals surface area contributed by atoms with Gasteiger partial charge in [0, 0.05) is 54.6 Å². The predicted molar refractivity (Wildman–Crippen MR) is 158 cm³/mol. The molecule has 11 nitrogen and oxygen atoms in total. The number of rotatable bonds is 7. The van der Waals surface area contributed by atoms with Crippen LogP contribution in [-0.2, 0) is 21.3 Å². The third-order valence-corrected chi connectivity index (χ3v) is 8.98. The van der Waals surface area contributed by atoms with Crippen molar-refractivity contribution < 1.29 is 18.1 Å². The Morgan fingerprint density at radius 3 is 2.48 bits per heavy atom. The molecule has 0 atom stereocenters. The topological polar surface area (TPSA) is 130 Å². The number of hydrogen-bond donors (Lipinski definition) is 0. The number of aryl methyl sites for hydroxylation is 1. The van der Waals surface area contributed by atoms with Crippen LogP contribution in [0.4, 0.5) is 11.4 Å². The van der Waals surface area contributed by atoms with Crippen LogP contribution in [-0.4, -0.2) is 53.2 Å². The summed E-state index contributed by atoms with van der Waals surface area (Å²) in [7, 11) is -4.18. The van der Waals surface area contributed by atoms with E-state index in [2.05, 4.69) is 9.88 Å². The highest BCUT2D eigenvalue weighted by Crippen LogP contribution is 2.34. The molecule has 1 aliphatic rings. The second-order valence-corrected chi connectivity index (χ2v) is 11.9. The van der Waals surface area contributed by atoms with Gasteiger partial charge in [0.25, 0.3) is 21.3 Å². The maximum Gasteiger partial charge on any atom is 0.269 e. The molecule has 0 spiro atoms. The van der Waals surface area contributed by atoms with Gasteiger partial charge in [0.2, 0.25) is 0 Å². The molecule has 214 valence electrons. The third kappa shape index (κ3) is 5.17. The fraction of sp³-hybridized carbons (Fsp3) is 0.200. The third-order valence-electron chi connectivity index (χ3n) is 7.32. The van der Waals surface area contributed by atoms with Crippen LogP contribution in [0.2, 0.25) is 0 Å². The van der Waals surface area contributed by atoms with Crippen molar-refractivity contribution in [2.75, 3.05) is 31.2 Å². The fourth-order valence-electron chi connectivity index (χ4n) is 5.14. The minimum Gasteiger partial charge on any atom is -0.378 e. The largest absolute Gasteiger partial charge is 0.378 e. The van der Waals surface area contributed by atoms with E-state index < -0.39 is 14.9 Å². The van der Waals surface area contributed by atoms with Crippen molar-refractivity contribution in [2.45, 2.75) is 18.4 Å². The zero-order valence-corrected chi connectivity index (χ0v) is 23.5. The van der Waals surface area contributed by atoms with Crippen molar-refractivity contribution in [1.82, 2.24) is 13.5 Å². The number of hydrogen-bond acceptors (Lipinski definition) is 8. The van der Waals surface area contributed by atoms with Gasteiger partial charge in [-0.15, -0.1) is 0 Å². The standard InChI is InChI=1S/C30H27N5O6S/c1-21-3-2-4-22(15-21)19-33-10-9-23(16-29(33)36)28-20-34(42(39,40)26-7-5-24(6-8-26)35(37)38)30-27(28)17-25(18-31-30)32-11-13-41-14-12-32/h2-10,15-18,20H,11-14,19H2,1H3. The number of nitrogens with zero attached hydrogens (tertiary/aromatic N) is 5. The molecule has 0 bridgehead atoms. The summed E-state index contributed by atoms with van der Waals surface area (Å²) in [6, 6.07) is 17.8. The highest BCUT2D eigenvalue weighted by atomic mass is 32.2. The average Bonchev–Trinajstić information content (AvgIpc) is 3.38. The van der Waals surface area contributed by atoms with Crippen molar-refractivity contribution in [1.29, 1.82) is 0 Å². The lowest BCUT2D eigenvalue weighted by molar-refractivity contribution is -0.384. The number of pyridine rings is 2. The van der Waals surface area contributed by atoms with E-state index in [4.69, 9.17) is 4.74 Å². The predicted octanol–water partition coefficient (Wildman–Crippen LogP) is 4.20. The first-order chi connectivity index (χ1) is 20.2. The van der Waals surface area contributed by atoms with Crippen LogP contribution in [0, 0.1) is 17.0 Å². The summed E-state index contributed by atoms with van der Waals surface area (Å²) in [5.41, 5.74) is 3.71. The maximum atomic E-state index is 13.8. The first-order valence-corrected chi connectivity index (χ1v) is 14.7. The summed E-state index contributed by atoms with van der Waals surface area (Å²) in [6.07, 6.45) is 4.78. The molecule has 42 heavy (non-hydrogen) atoms. The molecule has 0 saturated carbocycles.